The fourth-order valence-corrected chi connectivity index (χ4v) is 3.81. The molecule has 0 saturated carbocycles. The van der Waals surface area contributed by atoms with Gasteiger partial charge >= 0.3 is 6.03 Å². The van der Waals surface area contributed by atoms with E-state index in [0.29, 0.717) is 12.8 Å². The third kappa shape index (κ3) is 2.71. The highest BCUT2D eigenvalue weighted by molar-refractivity contribution is 6.11. The predicted octanol–water partition coefficient (Wildman–Crippen LogP) is 2.03. The topological polar surface area (TPSA) is 98.7 Å². The third-order valence-corrected chi connectivity index (χ3v) is 5.15. The molecule has 4 rings (SSSR count). The van der Waals surface area contributed by atoms with E-state index in [1.54, 1.807) is 12.1 Å². The number of amides is 4. The van der Waals surface area contributed by atoms with Gasteiger partial charge in [-0.1, -0.05) is 30.3 Å². The number of nitrogens with zero attached hydrogens (tertiary/aromatic N) is 1. The van der Waals surface area contributed by atoms with Crippen LogP contribution >= 0.6 is 0 Å². The van der Waals surface area contributed by atoms with Crippen molar-refractivity contribution in [1.82, 2.24) is 10.2 Å². The lowest BCUT2D eigenvalue weighted by Gasteiger charge is -2.22. The van der Waals surface area contributed by atoms with Gasteiger partial charge < -0.3 is 15.7 Å². The number of fused-ring (bicyclic) bond motifs is 2. The summed E-state index contributed by atoms with van der Waals surface area (Å²) in [6, 6.07) is 11.8. The molecule has 1 fully saturated rings. The molecular formula is C20H19N3O4. The molecule has 1 heterocycles. The minimum Gasteiger partial charge on any atom is -0.506 e. The van der Waals surface area contributed by atoms with Crippen LogP contribution in [0.25, 0.3) is 0 Å². The minimum absolute atomic E-state index is 0.0678. The van der Waals surface area contributed by atoms with Crippen LogP contribution in [0.2, 0.25) is 0 Å². The Balaban J connectivity index is 1.53. The van der Waals surface area contributed by atoms with E-state index in [2.05, 4.69) is 10.6 Å². The summed E-state index contributed by atoms with van der Waals surface area (Å²) in [5.41, 5.74) is 1.82. The maximum atomic E-state index is 13.0. The molecule has 0 bridgehead atoms. The largest absolute Gasteiger partial charge is 0.506 e. The highest BCUT2D eigenvalue weighted by atomic mass is 16.3. The first-order valence-corrected chi connectivity index (χ1v) is 8.73. The molecule has 1 saturated heterocycles. The minimum atomic E-state index is -1.08. The summed E-state index contributed by atoms with van der Waals surface area (Å²) in [5.74, 6) is -1.04. The number of phenolic OH excluding ortho intramolecular Hbond substituents is 1. The number of carbonyl (C=O) groups is 3. The Bertz CT molecular complexity index is 971. The number of carbonyl (C=O) groups excluding carboxylic acids is 3. The zero-order chi connectivity index (χ0) is 19.2. The lowest BCUT2D eigenvalue weighted by Crippen LogP contribution is -2.43. The van der Waals surface area contributed by atoms with Gasteiger partial charge in [0.1, 0.15) is 17.8 Å². The molecular weight excluding hydrogens is 346 g/mol. The van der Waals surface area contributed by atoms with Gasteiger partial charge in [0.2, 0.25) is 5.91 Å². The van der Waals surface area contributed by atoms with Crippen LogP contribution in [0.15, 0.2) is 42.5 Å². The first-order chi connectivity index (χ1) is 12.9. The number of aryl methyl sites for hydroxylation is 2. The van der Waals surface area contributed by atoms with Crippen molar-refractivity contribution in [3.8, 4) is 5.75 Å². The molecule has 1 spiro atoms. The summed E-state index contributed by atoms with van der Waals surface area (Å²) in [5, 5.41) is 15.2. The second-order valence-corrected chi connectivity index (χ2v) is 6.95. The quantitative estimate of drug-likeness (QED) is 0.572. The number of urea groups is 1. The van der Waals surface area contributed by atoms with Gasteiger partial charge in [-0.25, -0.2) is 4.79 Å². The predicted molar refractivity (Wildman–Crippen MR) is 98.2 cm³/mol. The molecule has 27 heavy (non-hydrogen) atoms. The van der Waals surface area contributed by atoms with Crippen molar-refractivity contribution in [3.05, 3.63) is 59.2 Å². The van der Waals surface area contributed by atoms with Crippen molar-refractivity contribution in [3.63, 3.8) is 0 Å². The number of imide groups is 1. The summed E-state index contributed by atoms with van der Waals surface area (Å²) in [4.78, 5) is 38.7. The summed E-state index contributed by atoms with van der Waals surface area (Å²) < 4.78 is 0. The number of anilines is 1. The first kappa shape index (κ1) is 17.1. The summed E-state index contributed by atoms with van der Waals surface area (Å²) in [6.07, 6.45) is 1.17. The smallest absolute Gasteiger partial charge is 0.325 e. The Morgan fingerprint density at radius 3 is 2.81 bits per heavy atom. The van der Waals surface area contributed by atoms with Gasteiger partial charge in [0, 0.05) is 0 Å². The number of phenols is 1. The van der Waals surface area contributed by atoms with Crippen molar-refractivity contribution in [2.24, 2.45) is 0 Å². The molecule has 0 radical (unpaired) electrons. The maximum absolute atomic E-state index is 13.0. The average molecular weight is 365 g/mol. The van der Waals surface area contributed by atoms with Crippen LogP contribution in [0.3, 0.4) is 0 Å². The Morgan fingerprint density at radius 1 is 1.26 bits per heavy atom. The molecule has 1 aliphatic heterocycles. The number of hydrogen-bond acceptors (Lipinski definition) is 4. The molecule has 138 valence electrons. The van der Waals surface area contributed by atoms with Crippen molar-refractivity contribution >= 4 is 23.5 Å². The number of rotatable bonds is 3. The Kier molecular flexibility index (Phi) is 3.87. The molecule has 3 N–H and O–H groups in total. The molecule has 1 atom stereocenters. The lowest BCUT2D eigenvalue weighted by molar-refractivity contribution is -0.134. The fourth-order valence-electron chi connectivity index (χ4n) is 3.81. The normalized spacial score (nSPS) is 20.7. The van der Waals surface area contributed by atoms with E-state index in [1.807, 2.05) is 31.2 Å². The zero-order valence-corrected chi connectivity index (χ0v) is 14.8. The van der Waals surface area contributed by atoms with Crippen LogP contribution in [0.4, 0.5) is 10.5 Å². The van der Waals surface area contributed by atoms with E-state index >= 15 is 0 Å². The molecule has 7 nitrogen and oxygen atoms in total. The second-order valence-electron chi connectivity index (χ2n) is 6.95. The van der Waals surface area contributed by atoms with E-state index in [9.17, 15) is 19.5 Å². The first-order valence-electron chi connectivity index (χ1n) is 8.73. The van der Waals surface area contributed by atoms with E-state index < -0.39 is 29.9 Å². The molecule has 2 aromatic rings. The van der Waals surface area contributed by atoms with Gasteiger partial charge in [0.25, 0.3) is 5.91 Å². The van der Waals surface area contributed by atoms with Gasteiger partial charge in [-0.2, -0.15) is 0 Å². The van der Waals surface area contributed by atoms with Crippen molar-refractivity contribution in [1.29, 1.82) is 0 Å². The van der Waals surface area contributed by atoms with Crippen molar-refractivity contribution in [2.45, 2.75) is 25.3 Å². The van der Waals surface area contributed by atoms with Crippen LogP contribution in [0.5, 0.6) is 5.75 Å². The molecule has 0 aromatic heterocycles. The molecule has 2 aromatic carbocycles. The number of aromatic hydroxyl groups is 1. The van der Waals surface area contributed by atoms with E-state index in [-0.39, 0.29) is 11.4 Å². The second kappa shape index (κ2) is 6.12. The standard InChI is InChI=1S/C20H19N3O4/c1-12-6-7-15(16(24)10-12)21-17(25)11-23-18(26)20(22-19(23)27)9-8-13-4-2-3-5-14(13)20/h2-7,10,24H,8-9,11H2,1H3,(H,21,25)(H,22,27)/t20-/m1/s1. The molecule has 1 aliphatic carbocycles. The monoisotopic (exact) mass is 365 g/mol. The molecule has 0 unspecified atom stereocenters. The Hall–Kier alpha value is -3.35. The van der Waals surface area contributed by atoms with Gasteiger partial charge in [0.05, 0.1) is 5.69 Å². The molecule has 4 amide bonds. The van der Waals surface area contributed by atoms with Gasteiger partial charge in [-0.15, -0.1) is 0 Å². The number of benzene rings is 2. The fraction of sp³-hybridized carbons (Fsp3) is 0.250. The van der Waals surface area contributed by atoms with Crippen molar-refractivity contribution < 1.29 is 19.5 Å². The highest BCUT2D eigenvalue weighted by Gasteiger charge is 2.55. The molecule has 2 aliphatic rings. The summed E-state index contributed by atoms with van der Waals surface area (Å²) in [7, 11) is 0. The summed E-state index contributed by atoms with van der Waals surface area (Å²) >= 11 is 0. The number of hydrogen-bond donors (Lipinski definition) is 3. The van der Waals surface area contributed by atoms with E-state index in [1.165, 1.54) is 6.07 Å². The number of nitrogens with one attached hydrogen (secondary N) is 2. The summed E-state index contributed by atoms with van der Waals surface area (Å²) in [6.45, 7) is 1.40. The van der Waals surface area contributed by atoms with E-state index in [0.717, 1.165) is 21.6 Å². The van der Waals surface area contributed by atoms with Gasteiger partial charge in [-0.3, -0.25) is 14.5 Å². The SMILES string of the molecule is Cc1ccc(NC(=O)CN2C(=O)N[C@@]3(CCc4ccccc43)C2=O)c(O)c1. The van der Waals surface area contributed by atoms with Crippen LogP contribution in [0.1, 0.15) is 23.1 Å². The average Bonchev–Trinajstić information content (AvgIpc) is 3.11. The Morgan fingerprint density at radius 2 is 2.04 bits per heavy atom. The molecule has 7 heteroatoms. The van der Waals surface area contributed by atoms with Crippen LogP contribution < -0.4 is 10.6 Å². The van der Waals surface area contributed by atoms with Crippen molar-refractivity contribution in [2.75, 3.05) is 11.9 Å². The van der Waals surface area contributed by atoms with Crippen LogP contribution in [-0.4, -0.2) is 34.4 Å². The van der Waals surface area contributed by atoms with Crippen LogP contribution in [-0.2, 0) is 21.5 Å². The zero-order valence-electron chi connectivity index (χ0n) is 14.8. The van der Waals surface area contributed by atoms with Crippen LogP contribution in [0, 0.1) is 6.92 Å². The maximum Gasteiger partial charge on any atom is 0.325 e. The third-order valence-electron chi connectivity index (χ3n) is 5.15. The van der Waals surface area contributed by atoms with Gasteiger partial charge in [0.15, 0.2) is 0 Å². The highest BCUT2D eigenvalue weighted by Crippen LogP contribution is 2.41. The van der Waals surface area contributed by atoms with E-state index in [4.69, 9.17) is 0 Å². The lowest BCUT2D eigenvalue weighted by atomic mass is 9.92. The van der Waals surface area contributed by atoms with Gasteiger partial charge in [-0.05, 0) is 48.6 Å². The Labute approximate surface area is 156 Å².